The molecule has 0 atom stereocenters. The smallest absolute Gasteiger partial charge is 0.158 e. The highest BCUT2D eigenvalue weighted by atomic mass is 16.5. The number of ether oxygens (including phenoxy) is 1. The Hall–Kier alpha value is -1.40. The van der Waals surface area contributed by atoms with Gasteiger partial charge in [0, 0.05) is 19.2 Å². The summed E-state index contributed by atoms with van der Waals surface area (Å²) in [6.45, 7) is 3.38. The topological polar surface area (TPSA) is 93.3 Å². The summed E-state index contributed by atoms with van der Waals surface area (Å²) in [5, 5.41) is 13.6. The van der Waals surface area contributed by atoms with Crippen LogP contribution >= 0.6 is 0 Å². The van der Waals surface area contributed by atoms with Crippen molar-refractivity contribution in [1.82, 2.24) is 9.97 Å². The molecule has 1 heterocycles. The Balaban J connectivity index is 1.96. The van der Waals surface area contributed by atoms with E-state index in [9.17, 15) is 5.11 Å². The molecule has 6 nitrogen and oxygen atoms in total. The van der Waals surface area contributed by atoms with Crippen LogP contribution in [0.5, 0.6) is 0 Å². The Morgan fingerprint density at radius 1 is 1.35 bits per heavy atom. The lowest BCUT2D eigenvalue weighted by Gasteiger charge is -2.32. The Bertz CT molecular complexity index is 433. The summed E-state index contributed by atoms with van der Waals surface area (Å²) in [4.78, 5) is 8.47. The Morgan fingerprint density at radius 3 is 2.80 bits per heavy atom. The molecule has 0 aromatic carbocycles. The minimum atomic E-state index is -0.627. The van der Waals surface area contributed by atoms with Crippen LogP contribution in [-0.2, 0) is 11.3 Å². The van der Waals surface area contributed by atoms with Crippen molar-refractivity contribution in [3.63, 3.8) is 0 Å². The monoisotopic (exact) mass is 280 g/mol. The third kappa shape index (κ3) is 4.31. The van der Waals surface area contributed by atoms with Crippen molar-refractivity contribution in [1.29, 1.82) is 0 Å². The number of aliphatic hydroxyl groups is 1. The first-order valence-electron chi connectivity index (χ1n) is 7.29. The summed E-state index contributed by atoms with van der Waals surface area (Å²) >= 11 is 0. The second-order valence-electron chi connectivity index (χ2n) is 5.37. The van der Waals surface area contributed by atoms with Crippen LogP contribution in [0.15, 0.2) is 6.07 Å². The molecule has 1 aliphatic rings. The Morgan fingerprint density at radius 2 is 2.10 bits per heavy atom. The van der Waals surface area contributed by atoms with Gasteiger partial charge in [0.15, 0.2) is 5.82 Å². The molecule has 1 fully saturated rings. The number of hydrogen-bond donors (Lipinski definition) is 3. The predicted octanol–water partition coefficient (Wildman–Crippen LogP) is 1.70. The number of rotatable bonds is 6. The van der Waals surface area contributed by atoms with Gasteiger partial charge in [-0.05, 0) is 19.8 Å². The molecule has 1 aliphatic carbocycles. The van der Waals surface area contributed by atoms with E-state index in [0.717, 1.165) is 25.7 Å². The van der Waals surface area contributed by atoms with Crippen LogP contribution in [0, 0.1) is 0 Å². The van der Waals surface area contributed by atoms with Gasteiger partial charge >= 0.3 is 0 Å². The zero-order valence-corrected chi connectivity index (χ0v) is 12.1. The average Bonchev–Trinajstić information content (AvgIpc) is 2.43. The molecule has 1 aromatic rings. The number of hydrogen-bond acceptors (Lipinski definition) is 6. The normalized spacial score (nSPS) is 17.9. The van der Waals surface area contributed by atoms with E-state index in [1.54, 1.807) is 6.07 Å². The number of nitrogens with zero attached hydrogens (tertiary/aromatic N) is 2. The van der Waals surface area contributed by atoms with Gasteiger partial charge in [-0.3, -0.25) is 0 Å². The van der Waals surface area contributed by atoms with Gasteiger partial charge in [0.2, 0.25) is 0 Å². The minimum absolute atomic E-state index is 0.348. The largest absolute Gasteiger partial charge is 0.388 e. The maximum atomic E-state index is 10.5. The molecule has 112 valence electrons. The molecular weight excluding hydrogens is 256 g/mol. The highest BCUT2D eigenvalue weighted by molar-refractivity contribution is 5.44. The van der Waals surface area contributed by atoms with Crippen LogP contribution in [0.1, 0.15) is 44.9 Å². The molecule has 6 heteroatoms. The van der Waals surface area contributed by atoms with Crippen LogP contribution in [0.2, 0.25) is 0 Å². The van der Waals surface area contributed by atoms with Crippen molar-refractivity contribution in [2.75, 3.05) is 24.2 Å². The first kappa shape index (κ1) is 15.0. The summed E-state index contributed by atoms with van der Waals surface area (Å²) in [6.07, 6.45) is 5.05. The lowest BCUT2D eigenvalue weighted by atomic mass is 9.85. The van der Waals surface area contributed by atoms with Crippen molar-refractivity contribution in [2.24, 2.45) is 0 Å². The van der Waals surface area contributed by atoms with E-state index in [2.05, 4.69) is 15.3 Å². The fourth-order valence-corrected chi connectivity index (χ4v) is 2.51. The molecule has 1 aromatic heterocycles. The summed E-state index contributed by atoms with van der Waals surface area (Å²) in [7, 11) is 0. The number of nitrogens with one attached hydrogen (secondary N) is 1. The fraction of sp³-hybridized carbons (Fsp3) is 0.714. The van der Waals surface area contributed by atoms with Crippen molar-refractivity contribution in [3.05, 3.63) is 11.9 Å². The molecule has 4 N–H and O–H groups in total. The van der Waals surface area contributed by atoms with E-state index in [4.69, 9.17) is 10.5 Å². The number of aromatic nitrogens is 2. The molecule has 20 heavy (non-hydrogen) atoms. The third-order valence-electron chi connectivity index (χ3n) is 3.61. The van der Waals surface area contributed by atoms with E-state index >= 15 is 0 Å². The van der Waals surface area contributed by atoms with Gasteiger partial charge < -0.3 is 20.9 Å². The van der Waals surface area contributed by atoms with Gasteiger partial charge in [-0.15, -0.1) is 0 Å². The Labute approximate surface area is 119 Å². The molecule has 0 saturated heterocycles. The van der Waals surface area contributed by atoms with E-state index in [1.807, 2.05) is 6.92 Å². The van der Waals surface area contributed by atoms with Crippen LogP contribution < -0.4 is 11.1 Å². The molecule has 2 rings (SSSR count). The lowest BCUT2D eigenvalue weighted by Crippen LogP contribution is -2.39. The van der Waals surface area contributed by atoms with Gasteiger partial charge in [-0.2, -0.15) is 0 Å². The van der Waals surface area contributed by atoms with Crippen LogP contribution in [0.25, 0.3) is 0 Å². The third-order valence-corrected chi connectivity index (χ3v) is 3.61. The molecule has 0 amide bonds. The SMILES string of the molecule is CCOCc1nc(N)cc(NCC2(O)CCCCC2)n1. The summed E-state index contributed by atoms with van der Waals surface area (Å²) in [5.41, 5.74) is 5.14. The molecule has 0 radical (unpaired) electrons. The number of nitrogen functional groups attached to an aromatic ring is 1. The summed E-state index contributed by atoms with van der Waals surface area (Å²) in [5.74, 6) is 1.61. The maximum Gasteiger partial charge on any atom is 0.158 e. The van der Waals surface area contributed by atoms with E-state index in [-0.39, 0.29) is 0 Å². The molecule has 0 bridgehead atoms. The van der Waals surface area contributed by atoms with Crippen molar-refractivity contribution < 1.29 is 9.84 Å². The maximum absolute atomic E-state index is 10.5. The molecule has 0 aliphatic heterocycles. The second kappa shape index (κ2) is 6.85. The first-order valence-corrected chi connectivity index (χ1v) is 7.29. The van der Waals surface area contributed by atoms with E-state index in [1.165, 1.54) is 6.42 Å². The highest BCUT2D eigenvalue weighted by Gasteiger charge is 2.28. The number of anilines is 2. The van der Waals surface area contributed by atoms with Crippen LogP contribution in [0.4, 0.5) is 11.6 Å². The van der Waals surface area contributed by atoms with Crippen molar-refractivity contribution in [2.45, 2.75) is 51.2 Å². The first-order chi connectivity index (χ1) is 9.61. The standard InChI is InChI=1S/C14H24N4O2/c1-2-20-9-13-17-11(15)8-12(18-13)16-10-14(19)6-4-3-5-7-14/h8,19H,2-7,9-10H2,1H3,(H3,15,16,17,18). The zero-order chi connectivity index (χ0) is 14.4. The van der Waals surface area contributed by atoms with Gasteiger partial charge in [-0.1, -0.05) is 19.3 Å². The average molecular weight is 280 g/mol. The highest BCUT2D eigenvalue weighted by Crippen LogP contribution is 2.28. The van der Waals surface area contributed by atoms with Gasteiger partial charge in [0.25, 0.3) is 0 Å². The Kier molecular flexibility index (Phi) is 5.14. The van der Waals surface area contributed by atoms with Crippen molar-refractivity contribution >= 4 is 11.6 Å². The number of nitrogens with two attached hydrogens (primary N) is 1. The second-order valence-corrected chi connectivity index (χ2v) is 5.37. The van der Waals surface area contributed by atoms with E-state index < -0.39 is 5.60 Å². The predicted molar refractivity (Wildman–Crippen MR) is 78.3 cm³/mol. The lowest BCUT2D eigenvalue weighted by molar-refractivity contribution is 0.0166. The molecule has 0 unspecified atom stereocenters. The van der Waals surface area contributed by atoms with Crippen LogP contribution in [0.3, 0.4) is 0 Å². The van der Waals surface area contributed by atoms with Gasteiger partial charge in [-0.25, -0.2) is 9.97 Å². The fourth-order valence-electron chi connectivity index (χ4n) is 2.51. The van der Waals surface area contributed by atoms with E-state index in [0.29, 0.717) is 37.2 Å². The van der Waals surface area contributed by atoms with Crippen LogP contribution in [-0.4, -0.2) is 33.8 Å². The molecule has 0 spiro atoms. The van der Waals surface area contributed by atoms with Crippen molar-refractivity contribution in [3.8, 4) is 0 Å². The zero-order valence-electron chi connectivity index (χ0n) is 12.1. The van der Waals surface area contributed by atoms with Gasteiger partial charge in [0.1, 0.15) is 18.2 Å². The summed E-state index contributed by atoms with van der Waals surface area (Å²) in [6, 6.07) is 1.68. The van der Waals surface area contributed by atoms with Gasteiger partial charge in [0.05, 0.1) is 5.60 Å². The quantitative estimate of drug-likeness (QED) is 0.734. The minimum Gasteiger partial charge on any atom is -0.388 e. The molecule has 1 saturated carbocycles. The molecular formula is C14H24N4O2. The summed E-state index contributed by atoms with van der Waals surface area (Å²) < 4.78 is 5.29.